The topological polar surface area (TPSA) is 0 Å². The summed E-state index contributed by atoms with van der Waals surface area (Å²) in [6.07, 6.45) is 5.51. The third-order valence-electron chi connectivity index (χ3n) is 3.54. The molecule has 0 aromatic rings. The lowest BCUT2D eigenvalue weighted by Gasteiger charge is -2.24. The van der Waals surface area contributed by atoms with Gasteiger partial charge in [-0.3, -0.25) is 0 Å². The number of hydrogen-bond donors (Lipinski definition) is 0. The molecule has 0 heterocycles. The zero-order valence-electron chi connectivity index (χ0n) is 15.8. The zero-order chi connectivity index (χ0) is 16.4. The van der Waals surface area contributed by atoms with Crippen molar-refractivity contribution in [3.05, 3.63) is 0 Å². The lowest BCUT2D eigenvalue weighted by atomic mass is 10.0. The highest BCUT2D eigenvalue weighted by molar-refractivity contribution is 8.16. The van der Waals surface area contributed by atoms with E-state index in [2.05, 4.69) is 78.9 Å². The highest BCUT2D eigenvalue weighted by Crippen LogP contribution is 2.33. The van der Waals surface area contributed by atoms with E-state index in [1.165, 1.54) is 30.8 Å². The van der Waals surface area contributed by atoms with E-state index in [9.17, 15) is 0 Å². The molecule has 0 aromatic carbocycles. The fourth-order valence-corrected chi connectivity index (χ4v) is 6.74. The summed E-state index contributed by atoms with van der Waals surface area (Å²) in [5.41, 5.74) is 0. The lowest BCUT2D eigenvalue weighted by Crippen LogP contribution is -2.13. The fraction of sp³-hybridized carbons (Fsp3) is 1.00. The molecule has 0 rings (SSSR count). The molecule has 0 atom stereocenters. The van der Waals surface area contributed by atoms with Gasteiger partial charge in [0.15, 0.2) is 0 Å². The van der Waals surface area contributed by atoms with E-state index in [1.807, 2.05) is 0 Å². The first-order valence-corrected chi connectivity index (χ1v) is 11.0. The minimum absolute atomic E-state index is 0.827. The molecule has 0 aromatic heterocycles. The third-order valence-corrected chi connectivity index (χ3v) is 6.35. The van der Waals surface area contributed by atoms with Crippen LogP contribution in [0.1, 0.15) is 81.1 Å². The average Bonchev–Trinajstić information content (AvgIpc) is 2.24. The Balaban J connectivity index is 4.21. The maximum absolute atomic E-state index is 2.36. The molecule has 21 heavy (non-hydrogen) atoms. The Morgan fingerprint density at radius 1 is 0.476 bits per heavy atom. The molecule has 0 aliphatic rings. The summed E-state index contributed by atoms with van der Waals surface area (Å²) in [5.74, 6) is 3.31. The molecular weight excluding hydrogens is 292 g/mol. The van der Waals surface area contributed by atoms with Gasteiger partial charge in [-0.2, -0.15) is 0 Å². The molecule has 0 bridgehead atoms. The highest BCUT2D eigenvalue weighted by Gasteiger charge is 2.17. The summed E-state index contributed by atoms with van der Waals surface area (Å²) in [6.45, 7) is 18.9. The molecule has 0 spiro atoms. The quantitative estimate of drug-likeness (QED) is 0.343. The fourth-order valence-electron chi connectivity index (χ4n) is 2.80. The minimum Gasteiger partial charge on any atom is -0.148 e. The molecule has 0 aliphatic carbocycles. The van der Waals surface area contributed by atoms with Crippen LogP contribution in [0.25, 0.3) is 0 Å². The highest BCUT2D eigenvalue weighted by atomic mass is 32.2. The molecular formula is C19H40S2. The van der Waals surface area contributed by atoms with Crippen LogP contribution in [-0.4, -0.2) is 15.6 Å². The van der Waals surface area contributed by atoms with Gasteiger partial charge in [0.05, 0.1) is 0 Å². The van der Waals surface area contributed by atoms with Crippen LogP contribution in [0.5, 0.6) is 0 Å². The van der Waals surface area contributed by atoms with Gasteiger partial charge in [0, 0.05) is 15.6 Å². The van der Waals surface area contributed by atoms with Crippen LogP contribution in [0.3, 0.4) is 0 Å². The number of hydrogen-bond acceptors (Lipinski definition) is 2. The van der Waals surface area contributed by atoms with Crippen molar-refractivity contribution in [2.75, 3.05) is 5.08 Å². The molecule has 128 valence electrons. The third kappa shape index (κ3) is 14.0. The number of rotatable bonds is 12. The summed E-state index contributed by atoms with van der Waals surface area (Å²) in [5, 5.41) is 3.00. The van der Waals surface area contributed by atoms with Crippen LogP contribution in [0.15, 0.2) is 0 Å². The normalized spacial score (nSPS) is 12.9. The van der Waals surface area contributed by atoms with Gasteiger partial charge in [0.1, 0.15) is 0 Å². The van der Waals surface area contributed by atoms with E-state index in [-0.39, 0.29) is 0 Å². The van der Waals surface area contributed by atoms with Gasteiger partial charge >= 0.3 is 0 Å². The van der Waals surface area contributed by atoms with Crippen LogP contribution in [0.2, 0.25) is 0 Å². The standard InChI is InChI=1S/C19H40S2/c1-14(2)9-18(10-15(3)4)20-13-21-19(11-16(5)6)12-17(7)8/h14-19H,9-13H2,1-8H3. The molecule has 0 saturated carbocycles. The molecule has 2 heteroatoms. The largest absolute Gasteiger partial charge is 0.148 e. The summed E-state index contributed by atoms with van der Waals surface area (Å²) in [4.78, 5) is 0. The Labute approximate surface area is 144 Å². The molecule has 0 amide bonds. The van der Waals surface area contributed by atoms with E-state index in [4.69, 9.17) is 0 Å². The second kappa shape index (κ2) is 12.2. The maximum atomic E-state index is 2.36. The first kappa shape index (κ1) is 21.7. The smallest absolute Gasteiger partial charge is 0.0397 e. The van der Waals surface area contributed by atoms with Crippen LogP contribution in [0, 0.1) is 23.7 Å². The Morgan fingerprint density at radius 2 is 0.714 bits per heavy atom. The van der Waals surface area contributed by atoms with Crippen molar-refractivity contribution < 1.29 is 0 Å². The molecule has 0 radical (unpaired) electrons. The monoisotopic (exact) mass is 332 g/mol. The Hall–Kier alpha value is 0.700. The summed E-state index contributed by atoms with van der Waals surface area (Å²) < 4.78 is 0. The van der Waals surface area contributed by atoms with Gasteiger partial charge in [-0.05, 0) is 49.4 Å². The maximum Gasteiger partial charge on any atom is 0.0397 e. The Morgan fingerprint density at radius 3 is 0.905 bits per heavy atom. The van der Waals surface area contributed by atoms with E-state index in [1.54, 1.807) is 0 Å². The van der Waals surface area contributed by atoms with Crippen molar-refractivity contribution in [3.8, 4) is 0 Å². The van der Waals surface area contributed by atoms with Crippen LogP contribution < -0.4 is 0 Å². The molecule has 0 fully saturated rings. The molecule has 0 N–H and O–H groups in total. The first-order valence-electron chi connectivity index (χ1n) is 8.93. The molecule has 0 saturated heterocycles. The van der Waals surface area contributed by atoms with Crippen LogP contribution in [0.4, 0.5) is 0 Å². The van der Waals surface area contributed by atoms with Crippen molar-refractivity contribution in [1.29, 1.82) is 0 Å². The van der Waals surface area contributed by atoms with E-state index in [0.717, 1.165) is 34.2 Å². The summed E-state index contributed by atoms with van der Waals surface area (Å²) in [7, 11) is 0. The van der Waals surface area contributed by atoms with E-state index < -0.39 is 0 Å². The van der Waals surface area contributed by atoms with Crippen molar-refractivity contribution in [2.24, 2.45) is 23.7 Å². The molecule has 0 nitrogen and oxygen atoms in total. The van der Waals surface area contributed by atoms with Crippen molar-refractivity contribution in [2.45, 2.75) is 91.6 Å². The second-order valence-corrected chi connectivity index (χ2v) is 11.2. The van der Waals surface area contributed by atoms with Crippen LogP contribution in [-0.2, 0) is 0 Å². The lowest BCUT2D eigenvalue weighted by molar-refractivity contribution is 0.491. The van der Waals surface area contributed by atoms with Crippen LogP contribution >= 0.6 is 23.5 Å². The first-order chi connectivity index (χ1) is 9.70. The predicted molar refractivity (Wildman–Crippen MR) is 105 cm³/mol. The van der Waals surface area contributed by atoms with Gasteiger partial charge < -0.3 is 0 Å². The summed E-state index contributed by atoms with van der Waals surface area (Å²) >= 11 is 4.45. The predicted octanol–water partition coefficient (Wildman–Crippen LogP) is 7.33. The Bertz CT molecular complexity index is 190. The zero-order valence-corrected chi connectivity index (χ0v) is 17.4. The van der Waals surface area contributed by atoms with Crippen molar-refractivity contribution >= 4 is 23.5 Å². The Kier molecular flexibility index (Phi) is 12.6. The van der Waals surface area contributed by atoms with Gasteiger partial charge in [0.2, 0.25) is 0 Å². The average molecular weight is 333 g/mol. The van der Waals surface area contributed by atoms with Gasteiger partial charge in [-0.1, -0.05) is 55.4 Å². The molecule has 0 unspecified atom stereocenters. The van der Waals surface area contributed by atoms with Gasteiger partial charge in [-0.25, -0.2) is 0 Å². The number of thioether (sulfide) groups is 2. The van der Waals surface area contributed by atoms with E-state index >= 15 is 0 Å². The van der Waals surface area contributed by atoms with Gasteiger partial charge in [0.25, 0.3) is 0 Å². The molecule has 0 aliphatic heterocycles. The van der Waals surface area contributed by atoms with Crippen molar-refractivity contribution in [3.63, 3.8) is 0 Å². The van der Waals surface area contributed by atoms with Gasteiger partial charge in [-0.15, -0.1) is 23.5 Å². The van der Waals surface area contributed by atoms with Crippen molar-refractivity contribution in [1.82, 2.24) is 0 Å². The SMILES string of the molecule is CC(C)CC(CC(C)C)SCSC(CC(C)C)CC(C)C. The second-order valence-electron chi connectivity index (χ2n) is 8.21. The summed E-state index contributed by atoms with van der Waals surface area (Å²) in [6, 6.07) is 0. The van der Waals surface area contributed by atoms with E-state index in [0.29, 0.717) is 0 Å². The minimum atomic E-state index is 0.827.